The number of anilines is 1. The number of rotatable bonds is 5. The number of carbonyl (C=O) groups excluding carboxylic acids is 1. The van der Waals surface area contributed by atoms with E-state index >= 15 is 0 Å². The van der Waals surface area contributed by atoms with Crippen molar-refractivity contribution in [1.82, 2.24) is 9.55 Å². The van der Waals surface area contributed by atoms with Gasteiger partial charge >= 0.3 is 6.18 Å². The maximum absolute atomic E-state index is 13.8. The van der Waals surface area contributed by atoms with Crippen molar-refractivity contribution in [1.29, 1.82) is 0 Å². The molecule has 0 radical (unpaired) electrons. The second kappa shape index (κ2) is 9.09. The number of pyridine rings is 2. The zero-order valence-electron chi connectivity index (χ0n) is 17.9. The van der Waals surface area contributed by atoms with Gasteiger partial charge in [-0.15, -0.1) is 0 Å². The molecule has 5 nitrogen and oxygen atoms in total. The van der Waals surface area contributed by atoms with E-state index in [1.54, 1.807) is 47.3 Å². The lowest BCUT2D eigenvalue weighted by Crippen LogP contribution is -2.24. The summed E-state index contributed by atoms with van der Waals surface area (Å²) in [5.74, 6) is -2.00. The largest absolute Gasteiger partial charge is 0.419 e. The molecule has 1 amide bonds. The van der Waals surface area contributed by atoms with Crippen LogP contribution in [-0.4, -0.2) is 15.5 Å². The van der Waals surface area contributed by atoms with Crippen molar-refractivity contribution in [3.63, 3.8) is 0 Å². The molecule has 0 fully saturated rings. The number of benzene rings is 2. The molecule has 1 atom stereocenters. The highest BCUT2D eigenvalue weighted by Crippen LogP contribution is 2.31. The molecule has 2 heterocycles. The highest BCUT2D eigenvalue weighted by atomic mass is 19.4. The first-order chi connectivity index (χ1) is 16.1. The Morgan fingerprint density at radius 2 is 1.85 bits per heavy atom. The zero-order valence-corrected chi connectivity index (χ0v) is 17.9. The molecule has 0 aliphatic heterocycles. The van der Waals surface area contributed by atoms with E-state index in [4.69, 9.17) is 0 Å². The van der Waals surface area contributed by atoms with Crippen LogP contribution in [0.1, 0.15) is 29.8 Å². The van der Waals surface area contributed by atoms with Crippen LogP contribution in [0, 0.1) is 5.82 Å². The Balaban J connectivity index is 1.58. The summed E-state index contributed by atoms with van der Waals surface area (Å²) >= 11 is 0. The van der Waals surface area contributed by atoms with Gasteiger partial charge in [0.2, 0.25) is 5.91 Å². The fourth-order valence-electron chi connectivity index (χ4n) is 3.75. The number of amides is 1. The first-order valence-electron chi connectivity index (χ1n) is 10.4. The normalized spacial score (nSPS) is 12.5. The van der Waals surface area contributed by atoms with Gasteiger partial charge in [-0.25, -0.2) is 4.39 Å². The summed E-state index contributed by atoms with van der Waals surface area (Å²) in [5.41, 5.74) is -0.477. The van der Waals surface area contributed by atoms with Gasteiger partial charge < -0.3 is 9.88 Å². The molecule has 0 saturated heterocycles. The van der Waals surface area contributed by atoms with Crippen molar-refractivity contribution in [2.24, 2.45) is 0 Å². The van der Waals surface area contributed by atoms with Gasteiger partial charge in [0, 0.05) is 28.9 Å². The standard InChI is InChI=1S/C25H19F4N3O2/c1-15(21-6-2-3-11-30-21)32-12-10-17-18(24(32)34)5-4-7-22(17)31-23(33)14-16-8-9-19(20(26)13-16)25(27,28)29/h2-13,15H,14H2,1H3,(H,31,33). The number of aromatic nitrogens is 2. The number of hydrogen-bond donors (Lipinski definition) is 1. The van der Waals surface area contributed by atoms with Crippen molar-refractivity contribution in [2.45, 2.75) is 25.6 Å². The van der Waals surface area contributed by atoms with Crippen molar-refractivity contribution >= 4 is 22.4 Å². The van der Waals surface area contributed by atoms with Crippen LogP contribution in [0.4, 0.5) is 23.2 Å². The third-order valence-electron chi connectivity index (χ3n) is 5.48. The minimum atomic E-state index is -4.81. The van der Waals surface area contributed by atoms with Crippen LogP contribution in [0.5, 0.6) is 0 Å². The molecule has 0 aliphatic rings. The minimum Gasteiger partial charge on any atom is -0.325 e. The van der Waals surface area contributed by atoms with Crippen LogP contribution in [0.15, 0.2) is 77.9 Å². The third kappa shape index (κ3) is 4.68. The Morgan fingerprint density at radius 1 is 1.06 bits per heavy atom. The number of nitrogens with zero attached hydrogens (tertiary/aromatic N) is 2. The van der Waals surface area contributed by atoms with Crippen molar-refractivity contribution < 1.29 is 22.4 Å². The molecule has 2 aromatic heterocycles. The molecule has 0 aliphatic carbocycles. The summed E-state index contributed by atoms with van der Waals surface area (Å²) in [6, 6.07) is 14.1. The van der Waals surface area contributed by atoms with E-state index in [0.717, 1.165) is 11.8 Å². The summed E-state index contributed by atoms with van der Waals surface area (Å²) in [4.78, 5) is 29.9. The van der Waals surface area contributed by atoms with Crippen molar-refractivity contribution in [2.75, 3.05) is 5.32 Å². The molecule has 34 heavy (non-hydrogen) atoms. The number of hydrogen-bond acceptors (Lipinski definition) is 3. The first kappa shape index (κ1) is 23.2. The lowest BCUT2D eigenvalue weighted by Gasteiger charge is -2.16. The van der Waals surface area contributed by atoms with Gasteiger partial charge in [0.15, 0.2) is 0 Å². The molecular weight excluding hydrogens is 450 g/mol. The summed E-state index contributed by atoms with van der Waals surface area (Å²) in [6.45, 7) is 1.85. The summed E-state index contributed by atoms with van der Waals surface area (Å²) < 4.78 is 53.6. The molecule has 174 valence electrons. The average Bonchev–Trinajstić information content (AvgIpc) is 2.79. The molecule has 1 N–H and O–H groups in total. The minimum absolute atomic E-state index is 0.0924. The number of halogens is 4. The van der Waals surface area contributed by atoms with Crippen LogP contribution in [0.2, 0.25) is 0 Å². The Kier molecular flexibility index (Phi) is 6.19. The van der Waals surface area contributed by atoms with Gasteiger partial charge in [0.05, 0.1) is 23.7 Å². The zero-order chi connectivity index (χ0) is 24.5. The highest BCUT2D eigenvalue weighted by molar-refractivity contribution is 6.02. The second-order valence-electron chi connectivity index (χ2n) is 7.76. The highest BCUT2D eigenvalue weighted by Gasteiger charge is 2.34. The average molecular weight is 469 g/mol. The predicted molar refractivity (Wildman–Crippen MR) is 120 cm³/mol. The molecule has 0 spiro atoms. The second-order valence-corrected chi connectivity index (χ2v) is 7.76. The van der Waals surface area contributed by atoms with Crippen molar-refractivity contribution in [3.05, 3.63) is 106 Å². The van der Waals surface area contributed by atoms with Gasteiger partial charge in [-0.1, -0.05) is 18.2 Å². The van der Waals surface area contributed by atoms with Gasteiger partial charge in [-0.3, -0.25) is 14.6 Å². The quantitative estimate of drug-likeness (QED) is 0.401. The van der Waals surface area contributed by atoms with Gasteiger partial charge in [-0.2, -0.15) is 13.2 Å². The van der Waals surface area contributed by atoms with E-state index in [1.807, 2.05) is 19.1 Å². The van der Waals surface area contributed by atoms with E-state index in [-0.39, 0.29) is 23.6 Å². The maximum atomic E-state index is 13.8. The van der Waals surface area contributed by atoms with Gasteiger partial charge in [-0.05, 0) is 55.0 Å². The smallest absolute Gasteiger partial charge is 0.325 e. The first-order valence-corrected chi connectivity index (χ1v) is 10.4. The van der Waals surface area contributed by atoms with Crippen LogP contribution < -0.4 is 10.9 Å². The Labute approximate surface area is 191 Å². The number of alkyl halides is 3. The molecule has 2 aromatic carbocycles. The van der Waals surface area contributed by atoms with E-state index in [9.17, 15) is 27.2 Å². The molecule has 1 unspecified atom stereocenters. The van der Waals surface area contributed by atoms with Crippen molar-refractivity contribution in [3.8, 4) is 0 Å². The van der Waals surface area contributed by atoms with E-state index in [0.29, 0.717) is 28.6 Å². The fourth-order valence-corrected chi connectivity index (χ4v) is 3.75. The monoisotopic (exact) mass is 469 g/mol. The molecule has 0 bridgehead atoms. The number of nitrogens with one attached hydrogen (secondary N) is 1. The maximum Gasteiger partial charge on any atom is 0.419 e. The summed E-state index contributed by atoms with van der Waals surface area (Å²) in [6.07, 6.45) is -1.88. The fraction of sp³-hybridized carbons (Fsp3) is 0.160. The predicted octanol–water partition coefficient (Wildman–Crippen LogP) is 5.34. The van der Waals surface area contributed by atoms with Crippen LogP contribution >= 0.6 is 0 Å². The van der Waals surface area contributed by atoms with E-state index in [2.05, 4.69) is 10.3 Å². The van der Waals surface area contributed by atoms with Crippen LogP contribution in [-0.2, 0) is 17.4 Å². The third-order valence-corrected chi connectivity index (χ3v) is 5.48. The lowest BCUT2D eigenvalue weighted by molar-refractivity contribution is -0.140. The molecule has 9 heteroatoms. The SMILES string of the molecule is CC(c1ccccn1)n1ccc2c(NC(=O)Cc3ccc(C(F)(F)F)c(F)c3)cccc2c1=O. The number of carbonyl (C=O) groups is 1. The Hall–Kier alpha value is -4.01. The molecular formula is C25H19F4N3O2. The summed E-state index contributed by atoms with van der Waals surface area (Å²) in [7, 11) is 0. The van der Waals surface area contributed by atoms with E-state index < -0.39 is 23.5 Å². The number of fused-ring (bicyclic) bond motifs is 1. The Bertz CT molecular complexity index is 1420. The molecule has 4 aromatic rings. The van der Waals surface area contributed by atoms with Gasteiger partial charge in [0.25, 0.3) is 5.56 Å². The molecule has 0 saturated carbocycles. The topological polar surface area (TPSA) is 64.0 Å². The summed E-state index contributed by atoms with van der Waals surface area (Å²) in [5, 5.41) is 3.54. The molecule has 4 rings (SSSR count). The van der Waals surface area contributed by atoms with Crippen LogP contribution in [0.3, 0.4) is 0 Å². The lowest BCUT2D eigenvalue weighted by atomic mass is 10.1. The Morgan fingerprint density at radius 3 is 2.53 bits per heavy atom. The van der Waals surface area contributed by atoms with E-state index in [1.165, 1.54) is 0 Å². The van der Waals surface area contributed by atoms with Crippen LogP contribution in [0.25, 0.3) is 10.8 Å². The van der Waals surface area contributed by atoms with Gasteiger partial charge in [0.1, 0.15) is 5.82 Å².